The van der Waals surface area contributed by atoms with E-state index in [1.54, 1.807) is 0 Å². The molecular formula is C23H34N4OS. The molecule has 1 aliphatic rings. The van der Waals surface area contributed by atoms with Gasteiger partial charge >= 0.3 is 0 Å². The molecule has 0 radical (unpaired) electrons. The Morgan fingerprint density at radius 3 is 2.55 bits per heavy atom. The van der Waals surface area contributed by atoms with E-state index < -0.39 is 0 Å². The van der Waals surface area contributed by atoms with E-state index in [2.05, 4.69) is 66.8 Å². The van der Waals surface area contributed by atoms with E-state index in [4.69, 9.17) is 0 Å². The Balaban J connectivity index is 1.50. The average Bonchev–Trinajstić information content (AvgIpc) is 2.87. The van der Waals surface area contributed by atoms with Crippen LogP contribution in [0.15, 0.2) is 17.3 Å². The molecule has 1 amide bonds. The quantitative estimate of drug-likeness (QED) is 0.713. The Labute approximate surface area is 179 Å². The molecule has 0 spiro atoms. The van der Waals surface area contributed by atoms with E-state index in [-0.39, 0.29) is 11.3 Å². The summed E-state index contributed by atoms with van der Waals surface area (Å²) in [6.45, 7) is 12.7. The zero-order valence-corrected chi connectivity index (χ0v) is 19.3. The molecular weight excluding hydrogens is 380 g/mol. The van der Waals surface area contributed by atoms with Crippen LogP contribution in [0.3, 0.4) is 0 Å². The lowest BCUT2D eigenvalue weighted by Crippen LogP contribution is -2.28. The molecule has 1 aliphatic heterocycles. The molecule has 0 unspecified atom stereocenters. The van der Waals surface area contributed by atoms with Crippen LogP contribution in [0.1, 0.15) is 68.1 Å². The van der Waals surface area contributed by atoms with E-state index >= 15 is 0 Å². The van der Waals surface area contributed by atoms with Crippen molar-refractivity contribution in [3.63, 3.8) is 0 Å². The summed E-state index contributed by atoms with van der Waals surface area (Å²) in [6, 6.07) is 4.58. The van der Waals surface area contributed by atoms with Gasteiger partial charge in [-0.05, 0) is 60.8 Å². The number of rotatable bonds is 6. The fourth-order valence-electron chi connectivity index (χ4n) is 3.89. The smallest absolute Gasteiger partial charge is 0.230 e. The maximum absolute atomic E-state index is 12.3. The van der Waals surface area contributed by atoms with Crippen molar-refractivity contribution in [2.24, 2.45) is 0 Å². The van der Waals surface area contributed by atoms with Gasteiger partial charge in [0.2, 0.25) is 5.91 Å². The van der Waals surface area contributed by atoms with Gasteiger partial charge in [-0.2, -0.15) is 0 Å². The molecule has 1 N–H and O–H groups in total. The Morgan fingerprint density at radius 1 is 1.14 bits per heavy atom. The first-order valence-corrected chi connectivity index (χ1v) is 11.7. The number of hydrogen-bond acceptors (Lipinski definition) is 4. The number of aromatic nitrogens is 3. The molecule has 2 aromatic rings. The van der Waals surface area contributed by atoms with E-state index in [0.29, 0.717) is 12.3 Å². The molecule has 2 heterocycles. The highest BCUT2D eigenvalue weighted by Crippen LogP contribution is 2.27. The second kappa shape index (κ2) is 9.33. The molecule has 6 heteroatoms. The van der Waals surface area contributed by atoms with Crippen LogP contribution >= 0.6 is 11.8 Å². The van der Waals surface area contributed by atoms with Crippen molar-refractivity contribution in [3.05, 3.63) is 40.2 Å². The molecule has 0 bridgehead atoms. The van der Waals surface area contributed by atoms with Gasteiger partial charge in [0, 0.05) is 19.5 Å². The van der Waals surface area contributed by atoms with Crippen molar-refractivity contribution in [2.45, 2.75) is 83.8 Å². The monoisotopic (exact) mass is 414 g/mol. The standard InChI is InChI=1S/C23H34N4OS/c1-16-13-18(23(3,4)5)14-17(2)19(16)10-11-24-21(28)15-29-22-26-25-20-9-7-6-8-12-27(20)22/h13-14H,6-12,15H2,1-5H3,(H,24,28). The first-order chi connectivity index (χ1) is 13.8. The number of benzene rings is 1. The minimum absolute atomic E-state index is 0.0580. The third-order valence-electron chi connectivity index (χ3n) is 5.67. The summed E-state index contributed by atoms with van der Waals surface area (Å²) in [7, 11) is 0. The van der Waals surface area contributed by atoms with Crippen LogP contribution in [-0.4, -0.2) is 33.0 Å². The Kier molecular flexibility index (Phi) is 7.04. The second-order valence-corrected chi connectivity index (χ2v) is 10.0. The average molecular weight is 415 g/mol. The fraction of sp³-hybridized carbons (Fsp3) is 0.609. The molecule has 0 atom stereocenters. The van der Waals surface area contributed by atoms with Crippen LogP contribution in [0.4, 0.5) is 0 Å². The van der Waals surface area contributed by atoms with E-state index in [0.717, 1.165) is 36.8 Å². The van der Waals surface area contributed by atoms with Gasteiger partial charge in [-0.15, -0.1) is 10.2 Å². The number of aryl methyl sites for hydroxylation is 3. The molecule has 1 aromatic carbocycles. The highest BCUT2D eigenvalue weighted by molar-refractivity contribution is 7.99. The summed E-state index contributed by atoms with van der Waals surface area (Å²) in [5.41, 5.74) is 5.48. The lowest BCUT2D eigenvalue weighted by molar-refractivity contribution is -0.118. The minimum atomic E-state index is 0.0580. The lowest BCUT2D eigenvalue weighted by Gasteiger charge is -2.22. The summed E-state index contributed by atoms with van der Waals surface area (Å²) >= 11 is 1.49. The van der Waals surface area contributed by atoms with Crippen molar-refractivity contribution in [1.29, 1.82) is 0 Å². The van der Waals surface area contributed by atoms with Crippen molar-refractivity contribution < 1.29 is 4.79 Å². The maximum Gasteiger partial charge on any atom is 0.230 e. The molecule has 3 rings (SSSR count). The highest BCUT2D eigenvalue weighted by Gasteiger charge is 2.17. The van der Waals surface area contributed by atoms with E-state index in [1.807, 2.05) is 0 Å². The summed E-state index contributed by atoms with van der Waals surface area (Å²) < 4.78 is 2.19. The predicted molar refractivity (Wildman–Crippen MR) is 120 cm³/mol. The number of nitrogens with one attached hydrogen (secondary N) is 1. The third-order valence-corrected chi connectivity index (χ3v) is 6.63. The number of amides is 1. The zero-order chi connectivity index (χ0) is 21.0. The first-order valence-electron chi connectivity index (χ1n) is 10.7. The molecule has 29 heavy (non-hydrogen) atoms. The number of hydrogen-bond donors (Lipinski definition) is 1. The fourth-order valence-corrected chi connectivity index (χ4v) is 4.71. The SMILES string of the molecule is Cc1cc(C(C)(C)C)cc(C)c1CCNC(=O)CSc1nnc2n1CCCCC2. The van der Waals surface area contributed by atoms with E-state index in [9.17, 15) is 4.79 Å². The lowest BCUT2D eigenvalue weighted by atomic mass is 9.83. The number of nitrogens with zero attached hydrogens (tertiary/aromatic N) is 3. The van der Waals surface area contributed by atoms with Gasteiger partial charge in [0.15, 0.2) is 5.16 Å². The molecule has 0 saturated carbocycles. The van der Waals surface area contributed by atoms with Crippen LogP contribution in [0, 0.1) is 13.8 Å². The summed E-state index contributed by atoms with van der Waals surface area (Å²) in [5, 5.41) is 12.5. The van der Waals surface area contributed by atoms with Gasteiger partial charge in [-0.3, -0.25) is 4.79 Å². The second-order valence-electron chi connectivity index (χ2n) is 9.09. The summed E-state index contributed by atoms with van der Waals surface area (Å²) in [6.07, 6.45) is 5.44. The highest BCUT2D eigenvalue weighted by atomic mass is 32.2. The Morgan fingerprint density at radius 2 is 1.86 bits per heavy atom. The van der Waals surface area contributed by atoms with Gasteiger partial charge in [0.05, 0.1) is 5.75 Å². The minimum Gasteiger partial charge on any atom is -0.355 e. The van der Waals surface area contributed by atoms with Gasteiger partial charge in [0.1, 0.15) is 5.82 Å². The number of thioether (sulfide) groups is 1. The summed E-state index contributed by atoms with van der Waals surface area (Å²) in [5.74, 6) is 1.51. The normalized spacial score (nSPS) is 14.4. The van der Waals surface area contributed by atoms with Gasteiger partial charge in [0.25, 0.3) is 0 Å². The van der Waals surface area contributed by atoms with Crippen LogP contribution < -0.4 is 5.32 Å². The molecule has 5 nitrogen and oxygen atoms in total. The molecule has 1 aromatic heterocycles. The van der Waals surface area contributed by atoms with Crippen molar-refractivity contribution in [1.82, 2.24) is 20.1 Å². The summed E-state index contributed by atoms with van der Waals surface area (Å²) in [4.78, 5) is 12.3. The van der Waals surface area contributed by atoms with Gasteiger partial charge in [-0.1, -0.05) is 51.1 Å². The van der Waals surface area contributed by atoms with Crippen LogP contribution in [0.25, 0.3) is 0 Å². The van der Waals surface area contributed by atoms with Crippen molar-refractivity contribution in [2.75, 3.05) is 12.3 Å². The van der Waals surface area contributed by atoms with Gasteiger partial charge in [-0.25, -0.2) is 0 Å². The number of carbonyl (C=O) groups is 1. The van der Waals surface area contributed by atoms with Gasteiger partial charge < -0.3 is 9.88 Å². The third kappa shape index (κ3) is 5.62. The topological polar surface area (TPSA) is 59.8 Å². The Bertz CT molecular complexity index is 843. The Hall–Kier alpha value is -1.82. The molecule has 158 valence electrons. The zero-order valence-electron chi connectivity index (χ0n) is 18.5. The molecule has 0 fully saturated rings. The van der Waals surface area contributed by atoms with Crippen LogP contribution in [0.2, 0.25) is 0 Å². The first kappa shape index (κ1) is 21.9. The number of fused-ring (bicyclic) bond motifs is 1. The molecule has 0 saturated heterocycles. The van der Waals surface area contributed by atoms with E-state index in [1.165, 1.54) is 46.9 Å². The number of carbonyl (C=O) groups excluding carboxylic acids is 1. The predicted octanol–water partition coefficient (Wildman–Crippen LogP) is 4.37. The van der Waals surface area contributed by atoms with Crippen molar-refractivity contribution >= 4 is 17.7 Å². The van der Waals surface area contributed by atoms with Crippen LogP contribution in [-0.2, 0) is 29.6 Å². The van der Waals surface area contributed by atoms with Crippen molar-refractivity contribution in [3.8, 4) is 0 Å². The largest absolute Gasteiger partial charge is 0.355 e. The maximum atomic E-state index is 12.3. The molecule has 0 aliphatic carbocycles. The van der Waals surface area contributed by atoms with Crippen LogP contribution in [0.5, 0.6) is 0 Å².